The predicted molar refractivity (Wildman–Crippen MR) is 117 cm³/mol. The van der Waals surface area contributed by atoms with Gasteiger partial charge in [-0.05, 0) is 47.9 Å². The summed E-state index contributed by atoms with van der Waals surface area (Å²) in [7, 11) is 0. The van der Waals surface area contributed by atoms with Crippen molar-refractivity contribution < 1.29 is 4.79 Å². The van der Waals surface area contributed by atoms with Crippen molar-refractivity contribution in [2.24, 2.45) is 4.99 Å². The van der Waals surface area contributed by atoms with Crippen molar-refractivity contribution in [3.05, 3.63) is 71.8 Å². The number of benzene rings is 3. The highest BCUT2D eigenvalue weighted by Crippen LogP contribution is 2.37. The topological polar surface area (TPSA) is 53.5 Å². The average molecular weight is 388 g/mol. The molecule has 4 nitrogen and oxygen atoms in total. The van der Waals surface area contributed by atoms with E-state index in [-0.39, 0.29) is 11.9 Å². The quantitative estimate of drug-likeness (QED) is 0.651. The second kappa shape index (κ2) is 7.32. The normalized spacial score (nSPS) is 17.4. The molecule has 0 unspecified atom stereocenters. The number of nitrogens with one attached hydrogen (secondary N) is 2. The summed E-state index contributed by atoms with van der Waals surface area (Å²) in [5.41, 5.74) is 4.62. The molecule has 0 aromatic heterocycles. The van der Waals surface area contributed by atoms with Crippen molar-refractivity contribution >= 4 is 45.0 Å². The highest BCUT2D eigenvalue weighted by molar-refractivity contribution is 8.14. The molecule has 3 aromatic carbocycles. The number of aryl methyl sites for hydroxylation is 1. The minimum absolute atomic E-state index is 0.0493. The van der Waals surface area contributed by atoms with Gasteiger partial charge in [0.25, 0.3) is 0 Å². The van der Waals surface area contributed by atoms with Crippen LogP contribution in [0, 0.1) is 0 Å². The molecule has 0 saturated carbocycles. The monoisotopic (exact) mass is 387 g/mol. The predicted octanol–water partition coefficient (Wildman–Crippen LogP) is 5.18. The Hall–Kier alpha value is -2.79. The molecule has 0 radical (unpaired) electrons. The Morgan fingerprint density at radius 1 is 1.11 bits per heavy atom. The molecule has 5 rings (SSSR count). The highest BCUT2D eigenvalue weighted by Gasteiger charge is 2.22. The van der Waals surface area contributed by atoms with Crippen LogP contribution in [0.2, 0.25) is 0 Å². The highest BCUT2D eigenvalue weighted by atomic mass is 32.2. The van der Waals surface area contributed by atoms with Crippen LogP contribution in [0.1, 0.15) is 30.0 Å². The number of carbonyl (C=O) groups is 1. The van der Waals surface area contributed by atoms with Crippen molar-refractivity contribution in [1.82, 2.24) is 5.32 Å². The molecule has 1 atom stereocenters. The minimum atomic E-state index is 0.0493. The zero-order chi connectivity index (χ0) is 18.9. The van der Waals surface area contributed by atoms with Gasteiger partial charge >= 0.3 is 0 Å². The number of nitrogens with zero attached hydrogens (tertiary/aromatic N) is 1. The third-order valence-electron chi connectivity index (χ3n) is 5.39. The molecule has 0 spiro atoms. The summed E-state index contributed by atoms with van der Waals surface area (Å²) in [5.74, 6) is 0.399. The van der Waals surface area contributed by atoms with Gasteiger partial charge in [-0.1, -0.05) is 60.3 Å². The van der Waals surface area contributed by atoms with Crippen molar-refractivity contribution in [2.45, 2.75) is 25.3 Å². The van der Waals surface area contributed by atoms with Crippen LogP contribution < -0.4 is 10.6 Å². The standard InChI is InChI=1S/C23H21N3OS/c27-21(24-18-11-3-7-15-6-1-2-10-17(15)18)14-28-23-25-19-12-4-8-16-9-5-13-20(26-23)22(16)19/h1-2,4-6,8-10,12-13,18H,3,7,11,14H2,(H,24,27)(H,25,26)/t18-/m0/s1. The number of aliphatic imine (C=N–C) groups is 1. The third-order valence-corrected chi connectivity index (χ3v) is 6.26. The maximum Gasteiger partial charge on any atom is 0.230 e. The van der Waals surface area contributed by atoms with Crippen molar-refractivity contribution in [3.8, 4) is 0 Å². The molecule has 1 heterocycles. The second-order valence-electron chi connectivity index (χ2n) is 7.22. The first kappa shape index (κ1) is 17.3. The summed E-state index contributed by atoms with van der Waals surface area (Å²) in [6.45, 7) is 0. The van der Waals surface area contributed by atoms with E-state index in [1.54, 1.807) is 0 Å². The molecule has 2 aliphatic rings. The summed E-state index contributed by atoms with van der Waals surface area (Å²) in [4.78, 5) is 17.3. The minimum Gasteiger partial charge on any atom is -0.349 e. The Labute approximate surface area is 168 Å². The molecule has 0 saturated heterocycles. The van der Waals surface area contributed by atoms with E-state index < -0.39 is 0 Å². The molecule has 3 aromatic rings. The molecule has 0 fully saturated rings. The molecule has 140 valence electrons. The van der Waals surface area contributed by atoms with Crippen molar-refractivity contribution in [2.75, 3.05) is 11.1 Å². The maximum absolute atomic E-state index is 12.6. The summed E-state index contributed by atoms with van der Waals surface area (Å²) in [5, 5.41) is 9.66. The molecule has 1 aliphatic carbocycles. The summed E-state index contributed by atoms with van der Waals surface area (Å²) in [6, 6.07) is 20.9. The lowest BCUT2D eigenvalue weighted by Crippen LogP contribution is -2.32. The van der Waals surface area contributed by atoms with Crippen LogP contribution in [0.4, 0.5) is 11.4 Å². The van der Waals surface area contributed by atoms with Crippen LogP contribution in [-0.4, -0.2) is 16.8 Å². The van der Waals surface area contributed by atoms with Gasteiger partial charge in [0.2, 0.25) is 5.91 Å². The zero-order valence-electron chi connectivity index (χ0n) is 15.4. The summed E-state index contributed by atoms with van der Waals surface area (Å²) in [6.07, 6.45) is 3.22. The van der Waals surface area contributed by atoms with Crippen molar-refractivity contribution in [1.29, 1.82) is 0 Å². The number of thioether (sulfide) groups is 1. The average Bonchev–Trinajstić information content (AvgIpc) is 2.73. The SMILES string of the molecule is O=C(CSC1=Nc2cccc3cccc(c23)N1)N[C@H]1CCCc2ccccc21. The first-order valence-electron chi connectivity index (χ1n) is 9.65. The Kier molecular flexibility index (Phi) is 4.53. The van der Waals surface area contributed by atoms with Crippen LogP contribution in [0.15, 0.2) is 65.7 Å². The lowest BCUT2D eigenvalue weighted by Gasteiger charge is -2.26. The molecule has 28 heavy (non-hydrogen) atoms. The fourth-order valence-electron chi connectivity index (χ4n) is 4.11. The molecule has 1 aliphatic heterocycles. The Morgan fingerprint density at radius 3 is 2.89 bits per heavy atom. The van der Waals surface area contributed by atoms with E-state index in [1.807, 2.05) is 18.2 Å². The zero-order valence-corrected chi connectivity index (χ0v) is 16.3. The van der Waals surface area contributed by atoms with Gasteiger partial charge in [0.15, 0.2) is 5.17 Å². The van der Waals surface area contributed by atoms with E-state index in [2.05, 4.69) is 53.1 Å². The molecule has 0 bridgehead atoms. The van der Waals surface area contributed by atoms with Crippen LogP contribution >= 0.6 is 11.8 Å². The second-order valence-corrected chi connectivity index (χ2v) is 8.19. The number of rotatable bonds is 3. The van der Waals surface area contributed by atoms with Crippen LogP contribution in [0.25, 0.3) is 10.8 Å². The van der Waals surface area contributed by atoms with Gasteiger partial charge in [-0.3, -0.25) is 4.79 Å². The van der Waals surface area contributed by atoms with E-state index >= 15 is 0 Å². The largest absolute Gasteiger partial charge is 0.349 e. The van der Waals surface area contributed by atoms with Gasteiger partial charge < -0.3 is 10.6 Å². The number of carbonyl (C=O) groups excluding carboxylic acids is 1. The Bertz CT molecular complexity index is 1090. The number of hydrogen-bond acceptors (Lipinski definition) is 4. The lowest BCUT2D eigenvalue weighted by molar-refractivity contribution is -0.119. The number of amidine groups is 1. The number of fused-ring (bicyclic) bond motifs is 1. The molecular weight excluding hydrogens is 366 g/mol. The summed E-state index contributed by atoms with van der Waals surface area (Å²) >= 11 is 1.45. The number of anilines is 1. The van der Waals surface area contributed by atoms with Crippen LogP contribution in [-0.2, 0) is 11.2 Å². The Morgan fingerprint density at radius 2 is 1.96 bits per heavy atom. The van der Waals surface area contributed by atoms with E-state index in [1.165, 1.54) is 28.3 Å². The van der Waals surface area contributed by atoms with E-state index in [4.69, 9.17) is 4.99 Å². The van der Waals surface area contributed by atoms with Gasteiger partial charge in [0.05, 0.1) is 23.2 Å². The molecule has 2 N–H and O–H groups in total. The smallest absolute Gasteiger partial charge is 0.230 e. The van der Waals surface area contributed by atoms with E-state index in [9.17, 15) is 4.79 Å². The van der Waals surface area contributed by atoms with E-state index in [0.717, 1.165) is 41.2 Å². The number of amides is 1. The van der Waals surface area contributed by atoms with Crippen LogP contribution in [0.5, 0.6) is 0 Å². The first-order chi connectivity index (χ1) is 13.8. The molecule has 5 heteroatoms. The first-order valence-corrected chi connectivity index (χ1v) is 10.6. The summed E-state index contributed by atoms with van der Waals surface area (Å²) < 4.78 is 0. The lowest BCUT2D eigenvalue weighted by atomic mass is 9.88. The van der Waals surface area contributed by atoms with Gasteiger partial charge in [-0.15, -0.1) is 0 Å². The fraction of sp³-hybridized carbons (Fsp3) is 0.217. The van der Waals surface area contributed by atoms with Crippen LogP contribution in [0.3, 0.4) is 0 Å². The van der Waals surface area contributed by atoms with Gasteiger partial charge in [0.1, 0.15) is 0 Å². The number of hydrogen-bond donors (Lipinski definition) is 2. The molecule has 1 amide bonds. The van der Waals surface area contributed by atoms with Crippen molar-refractivity contribution in [3.63, 3.8) is 0 Å². The van der Waals surface area contributed by atoms with Gasteiger partial charge in [-0.25, -0.2) is 4.99 Å². The Balaban J connectivity index is 1.27. The van der Waals surface area contributed by atoms with Gasteiger partial charge in [0, 0.05) is 5.39 Å². The molecular formula is C23H21N3OS. The van der Waals surface area contributed by atoms with Gasteiger partial charge in [-0.2, -0.15) is 0 Å². The van der Waals surface area contributed by atoms with E-state index in [0.29, 0.717) is 5.75 Å². The fourth-order valence-corrected chi connectivity index (χ4v) is 4.81. The third kappa shape index (κ3) is 3.27. The maximum atomic E-state index is 12.6.